The van der Waals surface area contributed by atoms with Crippen LogP contribution in [0.25, 0.3) is 0 Å². The zero-order valence-corrected chi connectivity index (χ0v) is 12.4. The van der Waals surface area contributed by atoms with Crippen LogP contribution in [0.15, 0.2) is 0 Å². The van der Waals surface area contributed by atoms with Gasteiger partial charge in [0, 0.05) is 5.41 Å². The van der Waals surface area contributed by atoms with Gasteiger partial charge in [-0.25, -0.2) is 0 Å². The van der Waals surface area contributed by atoms with Gasteiger partial charge >= 0.3 is 23.1 Å². The van der Waals surface area contributed by atoms with Crippen LogP contribution in [-0.2, 0) is 9.59 Å². The average Bonchev–Trinajstić information content (AvgIpc) is 2.22. The van der Waals surface area contributed by atoms with E-state index in [1.807, 2.05) is 0 Å². The molecular weight excluding hydrogens is 232 g/mol. The summed E-state index contributed by atoms with van der Waals surface area (Å²) in [6.45, 7) is 4.87. The van der Waals surface area contributed by atoms with E-state index in [0.29, 0.717) is 6.42 Å². The Kier molecular flexibility index (Phi) is 9.80. The second-order valence-electron chi connectivity index (χ2n) is 4.53. The fourth-order valence-electron chi connectivity index (χ4n) is 1.65. The molecule has 0 N–H and O–H groups in total. The maximum Gasteiger partial charge on any atom is 2.00 e. The number of aliphatic carboxylic acids is 2. The molecule has 1 unspecified atom stereocenters. The van der Waals surface area contributed by atoms with Crippen LogP contribution in [-0.4, -0.2) is 35.0 Å². The van der Waals surface area contributed by atoms with Crippen molar-refractivity contribution in [2.75, 3.05) is 0 Å². The number of carbonyl (C=O) groups is 2. The van der Waals surface area contributed by atoms with Gasteiger partial charge < -0.3 is 19.8 Å². The van der Waals surface area contributed by atoms with E-state index in [0.717, 1.165) is 25.7 Å². The van der Waals surface area contributed by atoms with Crippen molar-refractivity contribution in [1.29, 1.82) is 0 Å². The van der Waals surface area contributed by atoms with Crippen LogP contribution < -0.4 is 10.2 Å². The summed E-state index contributed by atoms with van der Waals surface area (Å²) < 4.78 is 0. The topological polar surface area (TPSA) is 80.3 Å². The van der Waals surface area contributed by atoms with Gasteiger partial charge in [0.15, 0.2) is 0 Å². The van der Waals surface area contributed by atoms with Crippen LogP contribution >= 0.6 is 0 Å². The predicted octanol–water partition coefficient (Wildman–Crippen LogP) is -0.282. The summed E-state index contributed by atoms with van der Waals surface area (Å²) in [5.74, 6) is -3.59. The minimum atomic E-state index is -1.88. The second kappa shape index (κ2) is 8.75. The summed E-state index contributed by atoms with van der Waals surface area (Å²) >= 11 is 0. The van der Waals surface area contributed by atoms with Crippen molar-refractivity contribution in [1.82, 2.24) is 0 Å². The third-order valence-corrected chi connectivity index (χ3v) is 3.32. The first-order valence-corrected chi connectivity index (χ1v) is 5.80. The number of hydrogen-bond acceptors (Lipinski definition) is 4. The maximum atomic E-state index is 10.9. The molecule has 0 amide bonds. The maximum absolute atomic E-state index is 10.9. The summed E-state index contributed by atoms with van der Waals surface area (Å²) in [6.07, 6.45) is 4.58. The van der Waals surface area contributed by atoms with Gasteiger partial charge in [-0.3, -0.25) is 0 Å². The molecule has 17 heavy (non-hydrogen) atoms. The van der Waals surface area contributed by atoms with Gasteiger partial charge in [-0.05, 0) is 19.3 Å². The minimum Gasteiger partial charge on any atom is -0.549 e. The Labute approximate surface area is 119 Å². The third-order valence-electron chi connectivity index (χ3n) is 3.32. The summed E-state index contributed by atoms with van der Waals surface area (Å²) in [4.78, 5) is 21.7. The average molecular weight is 253 g/mol. The molecule has 0 fully saturated rings. The van der Waals surface area contributed by atoms with Crippen molar-refractivity contribution in [3.63, 3.8) is 0 Å². The van der Waals surface area contributed by atoms with E-state index >= 15 is 0 Å². The Hall–Kier alpha value is -0.294. The molecule has 0 radical (unpaired) electrons. The quantitative estimate of drug-likeness (QED) is 0.338. The molecule has 94 valence electrons. The third kappa shape index (κ3) is 5.25. The molecule has 5 heteroatoms. The number of unbranched alkanes of at least 4 members (excludes halogenated alkanes) is 3. The zero-order valence-electron chi connectivity index (χ0n) is 11.0. The van der Waals surface area contributed by atoms with Gasteiger partial charge in [-0.2, -0.15) is 0 Å². The Morgan fingerprint density at radius 2 is 1.59 bits per heavy atom. The van der Waals surface area contributed by atoms with E-state index in [-0.39, 0.29) is 23.1 Å². The first kappa shape index (κ1) is 19.1. The monoisotopic (exact) mass is 252 g/mol. The van der Waals surface area contributed by atoms with E-state index in [1.54, 1.807) is 6.92 Å². The van der Waals surface area contributed by atoms with E-state index in [2.05, 4.69) is 6.92 Å². The number of carbonyl (C=O) groups excluding carboxylic acids is 2. The van der Waals surface area contributed by atoms with E-state index < -0.39 is 23.3 Å². The number of carboxylic acid groups (broad SMARTS) is 2. The van der Waals surface area contributed by atoms with Crippen LogP contribution in [0.2, 0.25) is 0 Å². The van der Waals surface area contributed by atoms with Gasteiger partial charge in [0.25, 0.3) is 0 Å². The summed E-state index contributed by atoms with van der Waals surface area (Å²) in [5, 5.41) is 21.7. The molecular formula is C12H20MgO4. The largest absolute Gasteiger partial charge is 2.00 e. The van der Waals surface area contributed by atoms with Gasteiger partial charge in [0.2, 0.25) is 0 Å². The molecule has 1 atom stereocenters. The molecule has 0 bridgehead atoms. The molecule has 0 aliphatic heterocycles. The van der Waals surface area contributed by atoms with Crippen molar-refractivity contribution in [2.45, 2.75) is 52.9 Å². The Morgan fingerprint density at radius 1 is 1.12 bits per heavy atom. The van der Waals surface area contributed by atoms with Crippen molar-refractivity contribution in [2.24, 2.45) is 11.3 Å². The predicted molar refractivity (Wildman–Crippen MR) is 61.8 cm³/mol. The van der Waals surface area contributed by atoms with Crippen molar-refractivity contribution >= 4 is 35.0 Å². The molecule has 0 aromatic rings. The minimum absolute atomic E-state index is 0. The Morgan fingerprint density at radius 3 is 1.94 bits per heavy atom. The standard InChI is InChI=1S/C12H22O4.Mg/c1-4-5-6-7-8-9(2)12(3,10(13)14)11(15)16;/h9H,4-8H2,1-3H3,(H,13,14)(H,15,16);/q;+2/p-2. The summed E-state index contributed by atoms with van der Waals surface area (Å²) in [6, 6.07) is 0. The number of rotatable bonds is 8. The molecule has 0 aromatic carbocycles. The number of carboxylic acids is 2. The molecule has 0 saturated carbocycles. The first-order chi connectivity index (χ1) is 7.37. The normalized spacial score (nSPS) is 12.6. The number of hydrogen-bond donors (Lipinski definition) is 0. The van der Waals surface area contributed by atoms with E-state index in [1.165, 1.54) is 6.92 Å². The SMILES string of the molecule is CCCCCCC(C)C(C)(C(=O)[O-])C(=O)[O-].[Mg+2]. The molecule has 0 aliphatic rings. The van der Waals surface area contributed by atoms with Crippen LogP contribution in [0, 0.1) is 11.3 Å². The molecule has 0 saturated heterocycles. The van der Waals surface area contributed by atoms with Crippen LogP contribution in [0.5, 0.6) is 0 Å². The van der Waals surface area contributed by atoms with Gasteiger partial charge in [0.05, 0.1) is 11.9 Å². The van der Waals surface area contributed by atoms with E-state index in [4.69, 9.17) is 0 Å². The molecule has 0 aliphatic carbocycles. The van der Waals surface area contributed by atoms with Crippen molar-refractivity contribution in [3.8, 4) is 0 Å². The van der Waals surface area contributed by atoms with Crippen molar-refractivity contribution < 1.29 is 19.8 Å². The van der Waals surface area contributed by atoms with Crippen LogP contribution in [0.4, 0.5) is 0 Å². The summed E-state index contributed by atoms with van der Waals surface area (Å²) in [7, 11) is 0. The molecule has 4 nitrogen and oxygen atoms in total. The van der Waals surface area contributed by atoms with Gasteiger partial charge in [-0.15, -0.1) is 0 Å². The van der Waals surface area contributed by atoms with Gasteiger partial charge in [0.1, 0.15) is 0 Å². The fraction of sp³-hybridized carbons (Fsp3) is 0.833. The Balaban J connectivity index is 0. The van der Waals surface area contributed by atoms with Crippen molar-refractivity contribution in [3.05, 3.63) is 0 Å². The smallest absolute Gasteiger partial charge is 0.549 e. The van der Waals surface area contributed by atoms with Crippen LogP contribution in [0.1, 0.15) is 52.9 Å². The summed E-state index contributed by atoms with van der Waals surface area (Å²) in [5.41, 5.74) is -1.88. The molecule has 0 aromatic heterocycles. The molecule has 0 rings (SSSR count). The molecule has 0 spiro atoms. The Bertz CT molecular complexity index is 239. The first-order valence-electron chi connectivity index (χ1n) is 5.80. The molecule has 0 heterocycles. The zero-order chi connectivity index (χ0) is 12.8. The van der Waals surface area contributed by atoms with Crippen LogP contribution in [0.3, 0.4) is 0 Å². The van der Waals surface area contributed by atoms with E-state index in [9.17, 15) is 19.8 Å². The fourth-order valence-corrected chi connectivity index (χ4v) is 1.65. The van der Waals surface area contributed by atoms with Gasteiger partial charge in [-0.1, -0.05) is 39.5 Å². The second-order valence-corrected chi connectivity index (χ2v) is 4.53.